The predicted octanol–water partition coefficient (Wildman–Crippen LogP) is 2.18. The van der Waals surface area contributed by atoms with Crippen molar-refractivity contribution in [3.8, 4) is 0 Å². The highest BCUT2D eigenvalue weighted by atomic mass is 79.9. The number of nitrogens with two attached hydrogens (primary N) is 1. The van der Waals surface area contributed by atoms with Gasteiger partial charge >= 0.3 is 0 Å². The molecule has 4 nitrogen and oxygen atoms in total. The van der Waals surface area contributed by atoms with Crippen LogP contribution in [0.4, 0.5) is 5.69 Å². The fourth-order valence-corrected chi connectivity index (χ4v) is 4.05. The van der Waals surface area contributed by atoms with Crippen molar-refractivity contribution in [3.05, 3.63) is 29.8 Å². The molecule has 0 saturated heterocycles. The summed E-state index contributed by atoms with van der Waals surface area (Å²) >= 11 is 6.06. The van der Waals surface area contributed by atoms with E-state index in [4.69, 9.17) is 5.73 Å². The minimum absolute atomic E-state index is 0.0944. The highest BCUT2D eigenvalue weighted by molar-refractivity contribution is 9.28. The van der Waals surface area contributed by atoms with Gasteiger partial charge < -0.3 is 10.8 Å². The van der Waals surface area contributed by atoms with Gasteiger partial charge in [0.15, 0.2) is 9.84 Å². The number of sulfone groups is 1. The number of hydrogen-bond acceptors (Lipinski definition) is 4. The SMILES string of the molecule is CCS(=O)(=O)C(Br)(Br)[C@@H](O)c1cccc(N)c1. The van der Waals surface area contributed by atoms with Gasteiger partial charge in [-0.1, -0.05) is 50.9 Å². The van der Waals surface area contributed by atoms with E-state index in [0.29, 0.717) is 11.3 Å². The van der Waals surface area contributed by atoms with Gasteiger partial charge in [-0.05, 0) is 17.7 Å². The maximum atomic E-state index is 11.8. The van der Waals surface area contributed by atoms with Gasteiger partial charge in [0.05, 0.1) is 0 Å². The van der Waals surface area contributed by atoms with Crippen LogP contribution in [0, 0.1) is 0 Å². The Kier molecular flexibility index (Phi) is 4.62. The van der Waals surface area contributed by atoms with E-state index in [-0.39, 0.29) is 5.75 Å². The number of benzene rings is 1. The van der Waals surface area contributed by atoms with E-state index in [1.54, 1.807) is 18.2 Å². The molecule has 0 saturated carbocycles. The summed E-state index contributed by atoms with van der Waals surface area (Å²) in [7, 11) is -3.52. The highest BCUT2D eigenvalue weighted by Crippen LogP contribution is 2.44. The molecule has 0 aliphatic heterocycles. The van der Waals surface area contributed by atoms with Gasteiger partial charge in [-0.15, -0.1) is 0 Å². The lowest BCUT2D eigenvalue weighted by Gasteiger charge is -2.26. The zero-order valence-corrected chi connectivity index (χ0v) is 13.1. The molecule has 96 valence electrons. The molecule has 0 heterocycles. The maximum absolute atomic E-state index is 11.8. The Bertz CT molecular complexity index is 502. The topological polar surface area (TPSA) is 80.4 Å². The molecule has 1 aromatic carbocycles. The van der Waals surface area contributed by atoms with Crippen molar-refractivity contribution < 1.29 is 13.5 Å². The van der Waals surface area contributed by atoms with Gasteiger partial charge in [0.1, 0.15) is 6.10 Å². The third-order valence-corrected chi connectivity index (χ3v) is 7.98. The van der Waals surface area contributed by atoms with Crippen molar-refractivity contribution in [1.29, 1.82) is 0 Å². The molecule has 0 fully saturated rings. The smallest absolute Gasteiger partial charge is 0.210 e. The normalized spacial score (nSPS) is 14.6. The zero-order valence-electron chi connectivity index (χ0n) is 9.10. The number of halogens is 2. The average molecular weight is 387 g/mol. The molecular formula is C10H13Br2NO3S. The van der Waals surface area contributed by atoms with Crippen LogP contribution in [-0.2, 0) is 9.84 Å². The number of aliphatic hydroxyl groups excluding tert-OH is 1. The van der Waals surface area contributed by atoms with Crippen molar-refractivity contribution in [3.63, 3.8) is 0 Å². The molecule has 0 radical (unpaired) electrons. The molecule has 7 heteroatoms. The van der Waals surface area contributed by atoms with Crippen LogP contribution in [0.25, 0.3) is 0 Å². The van der Waals surface area contributed by atoms with Gasteiger partial charge in [0.2, 0.25) is 2.57 Å². The van der Waals surface area contributed by atoms with Gasteiger partial charge in [-0.25, -0.2) is 8.42 Å². The Morgan fingerprint density at radius 3 is 2.53 bits per heavy atom. The van der Waals surface area contributed by atoms with E-state index in [2.05, 4.69) is 31.9 Å². The van der Waals surface area contributed by atoms with Crippen LogP contribution in [-0.4, -0.2) is 21.8 Å². The number of hydrogen-bond donors (Lipinski definition) is 2. The molecule has 1 atom stereocenters. The molecular weight excluding hydrogens is 374 g/mol. The minimum Gasteiger partial charge on any atom is -0.399 e. The fraction of sp³-hybridized carbons (Fsp3) is 0.400. The first-order chi connectivity index (χ1) is 7.72. The van der Waals surface area contributed by atoms with Crippen molar-refractivity contribution in [2.45, 2.75) is 15.6 Å². The largest absolute Gasteiger partial charge is 0.399 e. The van der Waals surface area contributed by atoms with Crippen molar-refractivity contribution >= 4 is 47.4 Å². The lowest BCUT2D eigenvalue weighted by Crippen LogP contribution is -2.33. The second-order valence-electron chi connectivity index (χ2n) is 3.54. The van der Waals surface area contributed by atoms with Crippen LogP contribution in [0.2, 0.25) is 0 Å². The molecule has 0 aliphatic carbocycles. The molecule has 1 aromatic rings. The number of nitrogen functional groups attached to an aromatic ring is 1. The zero-order chi connectivity index (χ0) is 13.3. The molecule has 0 unspecified atom stereocenters. The van der Waals surface area contributed by atoms with Crippen LogP contribution in [0.15, 0.2) is 24.3 Å². The van der Waals surface area contributed by atoms with E-state index < -0.39 is 18.5 Å². The summed E-state index contributed by atoms with van der Waals surface area (Å²) in [6.45, 7) is 1.51. The Balaban J connectivity index is 3.17. The molecule has 0 spiro atoms. The summed E-state index contributed by atoms with van der Waals surface area (Å²) in [6, 6.07) is 6.47. The van der Waals surface area contributed by atoms with E-state index in [9.17, 15) is 13.5 Å². The highest BCUT2D eigenvalue weighted by Gasteiger charge is 2.45. The first-order valence-corrected chi connectivity index (χ1v) is 8.10. The lowest BCUT2D eigenvalue weighted by atomic mass is 10.1. The third kappa shape index (κ3) is 3.01. The first-order valence-electron chi connectivity index (χ1n) is 4.86. The van der Waals surface area contributed by atoms with Gasteiger partial charge in [-0.2, -0.15) is 0 Å². The molecule has 1 rings (SSSR count). The molecule has 0 amide bonds. The monoisotopic (exact) mass is 385 g/mol. The molecule has 0 bridgehead atoms. The maximum Gasteiger partial charge on any atom is 0.210 e. The van der Waals surface area contributed by atoms with E-state index in [0.717, 1.165) is 0 Å². The number of rotatable bonds is 4. The minimum atomic E-state index is -3.52. The molecule has 0 aromatic heterocycles. The summed E-state index contributed by atoms with van der Waals surface area (Å²) in [5.41, 5.74) is 6.48. The summed E-state index contributed by atoms with van der Waals surface area (Å²) in [5.74, 6) is -0.0944. The van der Waals surface area contributed by atoms with Crippen LogP contribution in [0.5, 0.6) is 0 Å². The quantitative estimate of drug-likeness (QED) is 0.613. The summed E-state index contributed by atoms with van der Waals surface area (Å²) in [5, 5.41) is 10.1. The van der Waals surface area contributed by atoms with Gasteiger partial charge in [0, 0.05) is 11.4 Å². The number of alkyl halides is 2. The second-order valence-corrected chi connectivity index (χ2v) is 10.6. The first kappa shape index (κ1) is 14.9. The van der Waals surface area contributed by atoms with E-state index >= 15 is 0 Å². The fourth-order valence-electron chi connectivity index (χ4n) is 1.29. The van der Waals surface area contributed by atoms with Crippen LogP contribution in [0.3, 0.4) is 0 Å². The number of aliphatic hydroxyl groups is 1. The summed E-state index contributed by atoms with van der Waals surface area (Å²) in [4.78, 5) is 0. The predicted molar refractivity (Wildman–Crippen MR) is 75.9 cm³/mol. The molecule has 17 heavy (non-hydrogen) atoms. The second kappa shape index (κ2) is 5.26. The molecule has 3 N–H and O–H groups in total. The lowest BCUT2D eigenvalue weighted by molar-refractivity contribution is 0.189. The Morgan fingerprint density at radius 1 is 1.47 bits per heavy atom. The van der Waals surface area contributed by atoms with E-state index in [1.165, 1.54) is 13.0 Å². The third-order valence-electron chi connectivity index (χ3n) is 2.34. The van der Waals surface area contributed by atoms with Gasteiger partial charge in [-0.3, -0.25) is 0 Å². The van der Waals surface area contributed by atoms with Crippen molar-refractivity contribution in [2.75, 3.05) is 11.5 Å². The van der Waals surface area contributed by atoms with E-state index in [1.807, 2.05) is 0 Å². The molecule has 0 aliphatic rings. The summed E-state index contributed by atoms with van der Waals surface area (Å²) < 4.78 is 22.1. The summed E-state index contributed by atoms with van der Waals surface area (Å²) in [6.07, 6.45) is -1.25. The van der Waals surface area contributed by atoms with Crippen LogP contribution < -0.4 is 5.73 Å². The average Bonchev–Trinajstić information content (AvgIpc) is 2.27. The standard InChI is InChI=1S/C10H13Br2NO3S/c1-2-17(15,16)10(11,12)9(14)7-4-3-5-8(13)6-7/h3-6,9,14H,2,13H2,1H3/t9-/m0/s1. The Labute approximate surface area is 117 Å². The number of anilines is 1. The van der Waals surface area contributed by atoms with Crippen molar-refractivity contribution in [1.82, 2.24) is 0 Å². The van der Waals surface area contributed by atoms with Crippen LogP contribution >= 0.6 is 31.9 Å². The van der Waals surface area contributed by atoms with Gasteiger partial charge in [0.25, 0.3) is 0 Å². The Morgan fingerprint density at radius 2 is 2.06 bits per heavy atom. The van der Waals surface area contributed by atoms with Crippen LogP contribution in [0.1, 0.15) is 18.6 Å². The Hall–Kier alpha value is -0.110. The van der Waals surface area contributed by atoms with Crippen molar-refractivity contribution in [2.24, 2.45) is 0 Å².